The molecule has 0 spiro atoms. The quantitative estimate of drug-likeness (QED) is 0.715. The van der Waals surface area contributed by atoms with E-state index in [9.17, 15) is 14.4 Å². The molecule has 1 aliphatic rings. The Labute approximate surface area is 160 Å². The largest absolute Gasteiger partial charge is 0.445 e. The van der Waals surface area contributed by atoms with Gasteiger partial charge in [-0.05, 0) is 18.4 Å². The van der Waals surface area contributed by atoms with Crippen molar-refractivity contribution in [2.24, 2.45) is 0 Å². The second-order valence-electron chi connectivity index (χ2n) is 6.92. The summed E-state index contributed by atoms with van der Waals surface area (Å²) in [5.41, 5.74) is -0.156. The molecule has 1 atom stereocenters. The lowest BCUT2D eigenvalue weighted by Crippen LogP contribution is -2.41. The molecular weight excluding hydrogens is 360 g/mol. The third-order valence-corrected chi connectivity index (χ3v) is 4.84. The van der Waals surface area contributed by atoms with Crippen LogP contribution in [0.1, 0.15) is 46.5 Å². The van der Waals surface area contributed by atoms with Crippen LogP contribution in [-0.4, -0.2) is 38.8 Å². The molecule has 28 heavy (non-hydrogen) atoms. The number of likely N-dealkylation sites (tertiary alicyclic amines) is 1. The van der Waals surface area contributed by atoms with Crippen LogP contribution in [0.25, 0.3) is 0 Å². The number of carbonyl (C=O) groups is 1. The Bertz CT molecular complexity index is 1050. The summed E-state index contributed by atoms with van der Waals surface area (Å²) in [6.45, 7) is 0.987. The van der Waals surface area contributed by atoms with Crippen molar-refractivity contribution >= 4 is 5.91 Å². The molecule has 1 fully saturated rings. The first-order valence-electron chi connectivity index (χ1n) is 9.20. The van der Waals surface area contributed by atoms with Gasteiger partial charge in [0.25, 0.3) is 11.5 Å². The molecule has 0 saturated carbocycles. The Kier molecular flexibility index (Phi) is 4.92. The van der Waals surface area contributed by atoms with Crippen LogP contribution < -0.4 is 11.2 Å². The highest BCUT2D eigenvalue weighted by Crippen LogP contribution is 2.27. The van der Waals surface area contributed by atoms with E-state index in [1.165, 1.54) is 0 Å². The fourth-order valence-electron chi connectivity index (χ4n) is 3.51. The molecule has 8 heteroatoms. The summed E-state index contributed by atoms with van der Waals surface area (Å²) in [6.07, 6.45) is 4.05. The molecule has 144 valence electrons. The van der Waals surface area contributed by atoms with Gasteiger partial charge in [-0.25, -0.2) is 9.78 Å². The first-order valence-corrected chi connectivity index (χ1v) is 9.20. The molecule has 1 amide bonds. The van der Waals surface area contributed by atoms with E-state index in [0.29, 0.717) is 25.4 Å². The standard InChI is InChI=1S/C20H20N4O4/c25-17-10-16(22-20(27)23-17)19(26)24-8-4-7-14(12-24)18-21-11-15(28-18)9-13-5-2-1-3-6-13/h1-3,5-6,10-11,14H,4,7-9,12H2,(H2,22,23,25,27)/t14-/m1/s1. The summed E-state index contributed by atoms with van der Waals surface area (Å²) >= 11 is 0. The molecular formula is C20H20N4O4. The number of piperidine rings is 1. The molecule has 1 aromatic carbocycles. The Morgan fingerprint density at radius 1 is 1.21 bits per heavy atom. The molecule has 3 aromatic rings. The number of nitrogens with zero attached hydrogens (tertiary/aromatic N) is 2. The molecule has 2 N–H and O–H groups in total. The normalized spacial score (nSPS) is 16.9. The number of nitrogens with one attached hydrogen (secondary N) is 2. The highest BCUT2D eigenvalue weighted by molar-refractivity contribution is 5.92. The second-order valence-corrected chi connectivity index (χ2v) is 6.92. The van der Waals surface area contributed by atoms with Crippen LogP contribution in [0.4, 0.5) is 0 Å². The smallest absolute Gasteiger partial charge is 0.326 e. The monoisotopic (exact) mass is 380 g/mol. The summed E-state index contributed by atoms with van der Waals surface area (Å²) in [4.78, 5) is 46.1. The summed E-state index contributed by atoms with van der Waals surface area (Å²) in [7, 11) is 0. The average molecular weight is 380 g/mol. The number of hydrogen-bond donors (Lipinski definition) is 2. The van der Waals surface area contributed by atoms with E-state index < -0.39 is 11.2 Å². The second kappa shape index (κ2) is 7.67. The van der Waals surface area contributed by atoms with E-state index in [-0.39, 0.29) is 17.5 Å². The summed E-state index contributed by atoms with van der Waals surface area (Å²) in [5, 5.41) is 0. The molecule has 0 aliphatic carbocycles. The Hall–Kier alpha value is -3.42. The van der Waals surface area contributed by atoms with Gasteiger partial charge in [0.2, 0.25) is 0 Å². The number of H-pyrrole nitrogens is 2. The van der Waals surface area contributed by atoms with Crippen molar-refractivity contribution in [2.45, 2.75) is 25.2 Å². The lowest BCUT2D eigenvalue weighted by Gasteiger charge is -2.31. The third-order valence-electron chi connectivity index (χ3n) is 4.84. The molecule has 1 aliphatic heterocycles. The highest BCUT2D eigenvalue weighted by Gasteiger charge is 2.29. The van der Waals surface area contributed by atoms with Gasteiger partial charge in [-0.15, -0.1) is 0 Å². The fourth-order valence-corrected chi connectivity index (χ4v) is 3.51. The van der Waals surface area contributed by atoms with Gasteiger partial charge in [0.05, 0.1) is 12.1 Å². The topological polar surface area (TPSA) is 112 Å². The number of amides is 1. The number of oxazole rings is 1. The van der Waals surface area contributed by atoms with Crippen molar-refractivity contribution < 1.29 is 9.21 Å². The minimum absolute atomic E-state index is 0.00780. The van der Waals surface area contributed by atoms with Crippen molar-refractivity contribution in [1.82, 2.24) is 19.9 Å². The third kappa shape index (κ3) is 3.95. The van der Waals surface area contributed by atoms with Crippen LogP contribution in [0.15, 0.2) is 56.6 Å². The van der Waals surface area contributed by atoms with Crippen LogP contribution in [0.3, 0.4) is 0 Å². The maximum Gasteiger partial charge on any atom is 0.326 e. The van der Waals surface area contributed by atoms with Gasteiger partial charge >= 0.3 is 5.69 Å². The van der Waals surface area contributed by atoms with E-state index in [0.717, 1.165) is 30.2 Å². The minimum atomic E-state index is -0.692. The zero-order chi connectivity index (χ0) is 19.5. The molecule has 0 radical (unpaired) electrons. The molecule has 4 rings (SSSR count). The molecule has 0 unspecified atom stereocenters. The van der Waals surface area contributed by atoms with E-state index in [1.54, 1.807) is 11.1 Å². The number of benzene rings is 1. The van der Waals surface area contributed by atoms with E-state index in [2.05, 4.69) is 15.0 Å². The lowest BCUT2D eigenvalue weighted by atomic mass is 9.97. The van der Waals surface area contributed by atoms with Crippen LogP contribution in [-0.2, 0) is 6.42 Å². The first-order chi connectivity index (χ1) is 13.6. The molecule has 3 heterocycles. The number of aromatic amines is 2. The van der Waals surface area contributed by atoms with E-state index in [1.807, 2.05) is 30.3 Å². The van der Waals surface area contributed by atoms with Gasteiger partial charge < -0.3 is 14.3 Å². The SMILES string of the molecule is O=C(c1cc(=O)[nH]c(=O)[nH]1)N1CCC[C@@H](c2ncc(Cc3ccccc3)o2)C1. The van der Waals surface area contributed by atoms with Gasteiger partial charge in [-0.3, -0.25) is 14.6 Å². The number of rotatable bonds is 4. The molecule has 0 bridgehead atoms. The van der Waals surface area contributed by atoms with E-state index >= 15 is 0 Å². The first kappa shape index (κ1) is 18.0. The summed E-state index contributed by atoms with van der Waals surface area (Å²) in [6, 6.07) is 11.1. The summed E-state index contributed by atoms with van der Waals surface area (Å²) < 4.78 is 5.94. The lowest BCUT2D eigenvalue weighted by molar-refractivity contribution is 0.0691. The van der Waals surface area contributed by atoms with Gasteiger partial charge in [-0.1, -0.05) is 30.3 Å². The predicted molar refractivity (Wildman–Crippen MR) is 101 cm³/mol. The number of aromatic nitrogens is 3. The van der Waals surface area contributed by atoms with Crippen LogP contribution >= 0.6 is 0 Å². The highest BCUT2D eigenvalue weighted by atomic mass is 16.4. The summed E-state index contributed by atoms with van der Waals surface area (Å²) in [5.74, 6) is 1.01. The van der Waals surface area contributed by atoms with Gasteiger partial charge in [0, 0.05) is 25.6 Å². The van der Waals surface area contributed by atoms with Gasteiger partial charge in [0.1, 0.15) is 11.5 Å². The van der Waals surface area contributed by atoms with Gasteiger partial charge in [-0.2, -0.15) is 0 Å². The fraction of sp³-hybridized carbons (Fsp3) is 0.300. The van der Waals surface area contributed by atoms with Gasteiger partial charge in [0.15, 0.2) is 5.89 Å². The maximum absolute atomic E-state index is 12.7. The van der Waals surface area contributed by atoms with Crippen LogP contribution in [0.2, 0.25) is 0 Å². The van der Waals surface area contributed by atoms with Crippen molar-refractivity contribution in [3.8, 4) is 0 Å². The zero-order valence-electron chi connectivity index (χ0n) is 15.2. The molecule has 1 saturated heterocycles. The van der Waals surface area contributed by atoms with Crippen molar-refractivity contribution in [3.63, 3.8) is 0 Å². The maximum atomic E-state index is 12.7. The van der Waals surface area contributed by atoms with Crippen LogP contribution in [0.5, 0.6) is 0 Å². The average Bonchev–Trinajstić information content (AvgIpc) is 3.16. The Balaban J connectivity index is 1.47. The Morgan fingerprint density at radius 3 is 2.82 bits per heavy atom. The molecule has 2 aromatic heterocycles. The van der Waals surface area contributed by atoms with E-state index in [4.69, 9.17) is 4.42 Å². The predicted octanol–water partition coefficient (Wildman–Crippen LogP) is 1.66. The van der Waals surface area contributed by atoms with Crippen LogP contribution in [0, 0.1) is 0 Å². The van der Waals surface area contributed by atoms with Crippen molar-refractivity contribution in [3.05, 3.63) is 86.3 Å². The molecule has 8 nitrogen and oxygen atoms in total. The van der Waals surface area contributed by atoms with Crippen molar-refractivity contribution in [2.75, 3.05) is 13.1 Å². The number of hydrogen-bond acceptors (Lipinski definition) is 5. The minimum Gasteiger partial charge on any atom is -0.445 e. The van der Waals surface area contributed by atoms with Crippen molar-refractivity contribution in [1.29, 1.82) is 0 Å². The zero-order valence-corrected chi connectivity index (χ0v) is 15.2. The number of carbonyl (C=O) groups excluding carboxylic acids is 1. The Morgan fingerprint density at radius 2 is 2.04 bits per heavy atom.